The highest BCUT2D eigenvalue weighted by atomic mass is 19.4. The number of aromatic carboxylic acids is 1. The third-order valence-corrected chi connectivity index (χ3v) is 3.18. The molecule has 0 aliphatic carbocycles. The van der Waals surface area contributed by atoms with E-state index in [4.69, 9.17) is 5.11 Å². The van der Waals surface area contributed by atoms with E-state index in [0.717, 1.165) is 10.6 Å². The molecule has 1 heterocycles. The molecular weight excluding hydrogens is 290 g/mol. The molecule has 1 aromatic carbocycles. The Morgan fingerprint density at radius 3 is 2.29 bits per heavy atom. The topological polar surface area (TPSA) is 42.2 Å². The van der Waals surface area contributed by atoms with Crippen molar-refractivity contribution >= 4 is 5.97 Å². The Labute approximate surface area is 117 Å². The Morgan fingerprint density at radius 2 is 1.81 bits per heavy atom. The maximum atomic E-state index is 13.9. The Balaban J connectivity index is 2.70. The first-order valence-corrected chi connectivity index (χ1v) is 5.92. The molecule has 112 valence electrons. The normalized spacial score (nSPS) is 11.7. The lowest BCUT2D eigenvalue weighted by Gasteiger charge is -2.14. The van der Waals surface area contributed by atoms with Crippen molar-refractivity contribution in [2.75, 3.05) is 0 Å². The van der Waals surface area contributed by atoms with Crippen LogP contribution in [-0.4, -0.2) is 15.6 Å². The van der Waals surface area contributed by atoms with E-state index in [-0.39, 0.29) is 16.9 Å². The molecule has 1 aromatic heterocycles. The predicted octanol–water partition coefficient (Wildman–Crippen LogP) is 3.95. The first kappa shape index (κ1) is 15.1. The maximum absolute atomic E-state index is 13.9. The van der Waals surface area contributed by atoms with Crippen LogP contribution in [0.5, 0.6) is 0 Å². The van der Waals surface area contributed by atoms with E-state index < -0.39 is 23.5 Å². The van der Waals surface area contributed by atoms with Gasteiger partial charge in [-0.15, -0.1) is 0 Å². The van der Waals surface area contributed by atoms with E-state index in [9.17, 15) is 22.4 Å². The summed E-state index contributed by atoms with van der Waals surface area (Å²) < 4.78 is 53.2. The monoisotopic (exact) mass is 301 g/mol. The average molecular weight is 301 g/mol. The number of hydrogen-bond acceptors (Lipinski definition) is 1. The lowest BCUT2D eigenvalue weighted by Crippen LogP contribution is -2.09. The number of aryl methyl sites for hydroxylation is 1. The molecule has 0 aliphatic heterocycles. The highest BCUT2D eigenvalue weighted by Crippen LogP contribution is 2.32. The number of carbonyl (C=O) groups is 1. The van der Waals surface area contributed by atoms with Gasteiger partial charge in [-0.1, -0.05) is 0 Å². The van der Waals surface area contributed by atoms with Gasteiger partial charge in [0.2, 0.25) is 0 Å². The fourth-order valence-electron chi connectivity index (χ4n) is 2.21. The van der Waals surface area contributed by atoms with Crippen LogP contribution in [0.3, 0.4) is 0 Å². The third kappa shape index (κ3) is 2.63. The minimum Gasteiger partial charge on any atom is -0.478 e. The van der Waals surface area contributed by atoms with E-state index in [1.807, 2.05) is 0 Å². The molecule has 0 spiro atoms. The largest absolute Gasteiger partial charge is 0.478 e. The first-order chi connectivity index (χ1) is 9.62. The quantitative estimate of drug-likeness (QED) is 0.853. The number of nitrogens with zero attached hydrogens (tertiary/aromatic N) is 1. The van der Waals surface area contributed by atoms with Crippen molar-refractivity contribution in [2.45, 2.75) is 20.0 Å². The molecule has 0 radical (unpaired) electrons. The number of carboxylic acid groups (broad SMARTS) is 1. The van der Waals surface area contributed by atoms with Crippen LogP contribution in [0.1, 0.15) is 27.3 Å². The number of halogens is 4. The summed E-state index contributed by atoms with van der Waals surface area (Å²) in [5.74, 6) is -2.08. The molecular formula is C14H11F4NO2. The number of aromatic nitrogens is 1. The van der Waals surface area contributed by atoms with Gasteiger partial charge in [-0.2, -0.15) is 13.2 Å². The summed E-state index contributed by atoms with van der Waals surface area (Å²) in [7, 11) is 0. The summed E-state index contributed by atoms with van der Waals surface area (Å²) in [5, 5.41) is 9.02. The van der Waals surface area contributed by atoms with Crippen LogP contribution in [-0.2, 0) is 6.18 Å². The van der Waals surface area contributed by atoms with Crippen molar-refractivity contribution in [1.82, 2.24) is 4.57 Å². The maximum Gasteiger partial charge on any atom is 0.416 e. The van der Waals surface area contributed by atoms with Crippen molar-refractivity contribution < 1.29 is 27.5 Å². The molecule has 1 N–H and O–H groups in total. The summed E-state index contributed by atoms with van der Waals surface area (Å²) in [6.07, 6.45) is -4.60. The van der Waals surface area contributed by atoms with Gasteiger partial charge in [0.15, 0.2) is 0 Å². The van der Waals surface area contributed by atoms with Crippen LogP contribution in [0.15, 0.2) is 24.3 Å². The van der Waals surface area contributed by atoms with Crippen LogP contribution in [0, 0.1) is 19.7 Å². The highest BCUT2D eigenvalue weighted by molar-refractivity contribution is 5.89. The first-order valence-electron chi connectivity index (χ1n) is 5.92. The fourth-order valence-corrected chi connectivity index (χ4v) is 2.21. The second-order valence-electron chi connectivity index (χ2n) is 4.59. The van der Waals surface area contributed by atoms with E-state index in [2.05, 4.69) is 0 Å². The molecule has 3 nitrogen and oxygen atoms in total. The number of hydrogen-bond donors (Lipinski definition) is 1. The predicted molar refractivity (Wildman–Crippen MR) is 67.2 cm³/mol. The fraction of sp³-hybridized carbons (Fsp3) is 0.214. The van der Waals surface area contributed by atoms with E-state index in [0.29, 0.717) is 17.8 Å². The average Bonchev–Trinajstić information content (AvgIpc) is 2.65. The Hall–Kier alpha value is -2.31. The minimum absolute atomic E-state index is 0.0793. The summed E-state index contributed by atoms with van der Waals surface area (Å²) in [4.78, 5) is 11.0. The Kier molecular flexibility index (Phi) is 3.52. The second kappa shape index (κ2) is 4.91. The summed E-state index contributed by atoms with van der Waals surface area (Å²) in [6.45, 7) is 2.91. The van der Waals surface area contributed by atoms with Crippen molar-refractivity contribution in [3.05, 3.63) is 52.6 Å². The molecule has 0 aliphatic rings. The van der Waals surface area contributed by atoms with Gasteiger partial charge < -0.3 is 9.67 Å². The van der Waals surface area contributed by atoms with Crippen molar-refractivity contribution in [1.29, 1.82) is 0 Å². The van der Waals surface area contributed by atoms with E-state index in [1.54, 1.807) is 0 Å². The minimum atomic E-state index is -4.60. The van der Waals surface area contributed by atoms with Crippen LogP contribution in [0.2, 0.25) is 0 Å². The molecule has 0 saturated carbocycles. The van der Waals surface area contributed by atoms with E-state index >= 15 is 0 Å². The number of carboxylic acids is 1. The Bertz CT molecular complexity index is 716. The van der Waals surface area contributed by atoms with Crippen molar-refractivity contribution in [3.8, 4) is 5.69 Å². The molecule has 0 atom stereocenters. The smallest absolute Gasteiger partial charge is 0.416 e. The third-order valence-electron chi connectivity index (χ3n) is 3.18. The molecule has 0 saturated heterocycles. The molecule has 0 fully saturated rings. The van der Waals surface area contributed by atoms with Gasteiger partial charge >= 0.3 is 12.1 Å². The lowest BCUT2D eigenvalue weighted by molar-refractivity contribution is -0.137. The lowest BCUT2D eigenvalue weighted by atomic mass is 10.1. The number of benzene rings is 1. The number of rotatable bonds is 2. The molecule has 2 aromatic rings. The molecule has 2 rings (SSSR count). The van der Waals surface area contributed by atoms with Crippen LogP contribution in [0.4, 0.5) is 17.6 Å². The van der Waals surface area contributed by atoms with Gasteiger partial charge in [-0.25, -0.2) is 9.18 Å². The van der Waals surface area contributed by atoms with Crippen LogP contribution < -0.4 is 0 Å². The van der Waals surface area contributed by atoms with Gasteiger partial charge in [0.05, 0.1) is 16.8 Å². The zero-order valence-corrected chi connectivity index (χ0v) is 11.1. The van der Waals surface area contributed by atoms with Gasteiger partial charge in [-0.05, 0) is 38.1 Å². The molecule has 7 heteroatoms. The number of alkyl halides is 3. The molecule has 0 bridgehead atoms. The standard InChI is InChI=1S/C14H11F4NO2/c1-7-5-10(13(20)21)8(2)19(7)12-6-9(14(16,17)18)3-4-11(12)15/h3-6H,1-2H3,(H,20,21). The molecule has 21 heavy (non-hydrogen) atoms. The van der Waals surface area contributed by atoms with Gasteiger partial charge in [0, 0.05) is 11.4 Å². The summed E-state index contributed by atoms with van der Waals surface area (Å²) in [5.41, 5.74) is -0.902. The zero-order valence-electron chi connectivity index (χ0n) is 11.1. The SMILES string of the molecule is Cc1cc(C(=O)O)c(C)n1-c1cc(C(F)(F)F)ccc1F. The van der Waals surface area contributed by atoms with Crippen LogP contribution >= 0.6 is 0 Å². The van der Waals surface area contributed by atoms with Gasteiger partial charge in [0.25, 0.3) is 0 Å². The van der Waals surface area contributed by atoms with Crippen LogP contribution in [0.25, 0.3) is 5.69 Å². The van der Waals surface area contributed by atoms with Crippen molar-refractivity contribution in [2.24, 2.45) is 0 Å². The van der Waals surface area contributed by atoms with Gasteiger partial charge in [0.1, 0.15) is 5.82 Å². The second-order valence-corrected chi connectivity index (χ2v) is 4.59. The Morgan fingerprint density at radius 1 is 1.19 bits per heavy atom. The van der Waals surface area contributed by atoms with E-state index in [1.165, 1.54) is 19.9 Å². The molecule has 0 unspecified atom stereocenters. The summed E-state index contributed by atoms with van der Waals surface area (Å²) in [6, 6.07) is 3.32. The summed E-state index contributed by atoms with van der Waals surface area (Å²) >= 11 is 0. The highest BCUT2D eigenvalue weighted by Gasteiger charge is 2.31. The van der Waals surface area contributed by atoms with Crippen molar-refractivity contribution in [3.63, 3.8) is 0 Å². The molecule has 0 amide bonds. The zero-order chi connectivity index (χ0) is 15.9. The van der Waals surface area contributed by atoms with Gasteiger partial charge in [-0.3, -0.25) is 0 Å².